The lowest BCUT2D eigenvalue weighted by Gasteiger charge is -2.13. The van der Waals surface area contributed by atoms with Crippen LogP contribution in [0.25, 0.3) is 0 Å². The zero-order valence-corrected chi connectivity index (χ0v) is 9.32. The number of fused-ring (bicyclic) bond motifs is 1. The summed E-state index contributed by atoms with van der Waals surface area (Å²) < 4.78 is 0. The van der Waals surface area contributed by atoms with Crippen molar-refractivity contribution < 1.29 is 14.6 Å². The van der Waals surface area contributed by atoms with Crippen molar-refractivity contribution in [2.75, 3.05) is 14.1 Å². The fourth-order valence-corrected chi connectivity index (χ4v) is 1.41. The van der Waals surface area contributed by atoms with Gasteiger partial charge in [-0.3, -0.25) is 0 Å². The zero-order valence-electron chi connectivity index (χ0n) is 9.32. The smallest absolute Gasteiger partial charge is 0.370 e. The van der Waals surface area contributed by atoms with Crippen LogP contribution >= 0.6 is 0 Å². The molecule has 0 bridgehead atoms. The van der Waals surface area contributed by atoms with Crippen LogP contribution in [0.15, 0.2) is 29.5 Å². The van der Waals surface area contributed by atoms with E-state index >= 15 is 0 Å². The lowest BCUT2D eigenvalue weighted by Crippen LogP contribution is -2.30. The monoisotopic (exact) mass is 234 g/mol. The van der Waals surface area contributed by atoms with Crippen molar-refractivity contribution >= 4 is 11.8 Å². The van der Waals surface area contributed by atoms with Crippen LogP contribution in [0, 0.1) is 5.21 Å². The highest BCUT2D eigenvalue weighted by molar-refractivity contribution is 6.20. The standard InChI is InChI=1S/C10H10N4O3/c1-12(2)14(17)11-13-9(15)7-5-3-4-6-8(7)10(13)16/h3-6H,1-2H3/b14-11-. The molecule has 2 amide bonds. The van der Waals surface area contributed by atoms with E-state index in [4.69, 9.17) is 0 Å². The summed E-state index contributed by atoms with van der Waals surface area (Å²) in [6, 6.07) is 6.34. The Hall–Kier alpha value is -2.44. The van der Waals surface area contributed by atoms with Gasteiger partial charge < -0.3 is 5.21 Å². The number of hydrogen-bond acceptors (Lipinski definition) is 4. The largest absolute Gasteiger partial charge is 0.673 e. The second-order valence-corrected chi connectivity index (χ2v) is 3.66. The molecule has 0 unspecified atom stereocenters. The van der Waals surface area contributed by atoms with Gasteiger partial charge in [0.25, 0.3) is 0 Å². The maximum Gasteiger partial charge on any atom is 0.370 e. The van der Waals surface area contributed by atoms with Crippen LogP contribution in [0.5, 0.6) is 0 Å². The second kappa shape index (κ2) is 3.85. The van der Waals surface area contributed by atoms with Gasteiger partial charge in [-0.1, -0.05) is 17.1 Å². The molecule has 0 atom stereocenters. The minimum atomic E-state index is -0.590. The first-order valence-corrected chi connectivity index (χ1v) is 4.86. The number of hydrazine groups is 1. The van der Waals surface area contributed by atoms with E-state index < -0.39 is 11.8 Å². The maximum atomic E-state index is 11.8. The highest BCUT2D eigenvalue weighted by atomic mass is 16.6. The molecule has 88 valence electrons. The van der Waals surface area contributed by atoms with Gasteiger partial charge in [-0.15, -0.1) is 0 Å². The zero-order chi connectivity index (χ0) is 12.6. The normalized spacial score (nSPS) is 15.2. The van der Waals surface area contributed by atoms with Gasteiger partial charge in [0.1, 0.15) is 5.22 Å². The molecule has 2 rings (SSSR count). The molecule has 1 aliphatic heterocycles. The van der Waals surface area contributed by atoms with Gasteiger partial charge in [-0.05, 0) is 17.1 Å². The second-order valence-electron chi connectivity index (χ2n) is 3.66. The van der Waals surface area contributed by atoms with Gasteiger partial charge in [0.15, 0.2) is 0 Å². The summed E-state index contributed by atoms with van der Waals surface area (Å²) in [6.07, 6.45) is 0. The fraction of sp³-hybridized carbons (Fsp3) is 0.200. The quantitative estimate of drug-likeness (QED) is 0.325. The summed E-state index contributed by atoms with van der Waals surface area (Å²) in [5.41, 5.74) is 0.516. The fourth-order valence-electron chi connectivity index (χ4n) is 1.41. The number of carbonyl (C=O) groups excluding carboxylic acids is 2. The minimum absolute atomic E-state index is 0.168. The molecule has 0 aromatic heterocycles. The van der Waals surface area contributed by atoms with Crippen molar-refractivity contribution in [1.29, 1.82) is 0 Å². The van der Waals surface area contributed by atoms with Gasteiger partial charge in [0, 0.05) is 14.1 Å². The van der Waals surface area contributed by atoms with Crippen molar-refractivity contribution in [1.82, 2.24) is 10.0 Å². The molecule has 1 aromatic carbocycles. The Labute approximate surface area is 97.1 Å². The van der Waals surface area contributed by atoms with Gasteiger partial charge in [0.2, 0.25) is 0 Å². The Morgan fingerprint density at radius 1 is 1.18 bits per heavy atom. The van der Waals surface area contributed by atoms with Gasteiger partial charge >= 0.3 is 11.8 Å². The van der Waals surface area contributed by atoms with Crippen molar-refractivity contribution in [3.8, 4) is 0 Å². The molecule has 0 radical (unpaired) electrons. The van der Waals surface area contributed by atoms with Crippen molar-refractivity contribution in [2.45, 2.75) is 0 Å². The van der Waals surface area contributed by atoms with E-state index in [9.17, 15) is 14.8 Å². The predicted octanol–water partition coefficient (Wildman–Crippen LogP) is 0.637. The molecule has 0 saturated heterocycles. The van der Waals surface area contributed by atoms with Gasteiger partial charge in [0.05, 0.1) is 11.1 Å². The average Bonchev–Trinajstić information content (AvgIpc) is 2.55. The SMILES string of the molecule is CN(C)/[N+]([O-])=N/N1C(=O)c2ccccc2C1=O. The van der Waals surface area contributed by atoms with Crippen LogP contribution in [0.3, 0.4) is 0 Å². The molecule has 7 heteroatoms. The molecule has 0 fully saturated rings. The number of benzene rings is 1. The topological polar surface area (TPSA) is 79.1 Å². The molecular weight excluding hydrogens is 224 g/mol. The van der Waals surface area contributed by atoms with Crippen LogP contribution in [0.1, 0.15) is 20.7 Å². The Morgan fingerprint density at radius 3 is 2.06 bits per heavy atom. The first-order valence-electron chi connectivity index (χ1n) is 4.86. The van der Waals surface area contributed by atoms with Crippen LogP contribution in [0.2, 0.25) is 0 Å². The Morgan fingerprint density at radius 2 is 1.65 bits per heavy atom. The van der Waals surface area contributed by atoms with Crippen molar-refractivity contribution in [2.24, 2.45) is 5.22 Å². The third-order valence-corrected chi connectivity index (χ3v) is 2.28. The molecule has 1 heterocycles. The van der Waals surface area contributed by atoms with E-state index in [0.29, 0.717) is 5.01 Å². The molecule has 0 saturated carbocycles. The first kappa shape index (κ1) is 11.1. The maximum absolute atomic E-state index is 11.8. The molecule has 17 heavy (non-hydrogen) atoms. The predicted molar refractivity (Wildman–Crippen MR) is 56.7 cm³/mol. The van der Waals surface area contributed by atoms with E-state index in [2.05, 4.69) is 5.22 Å². The van der Waals surface area contributed by atoms with E-state index in [1.165, 1.54) is 26.2 Å². The lowest BCUT2D eigenvalue weighted by atomic mass is 10.1. The number of nitrogens with zero attached hydrogens (tertiary/aromatic N) is 4. The van der Waals surface area contributed by atoms with Crippen molar-refractivity contribution in [3.63, 3.8) is 0 Å². The number of rotatable bonds is 2. The molecule has 7 nitrogen and oxygen atoms in total. The Kier molecular flexibility index (Phi) is 2.51. The summed E-state index contributed by atoms with van der Waals surface area (Å²) in [7, 11) is 2.91. The Bertz CT molecular complexity index is 489. The molecule has 1 aliphatic rings. The van der Waals surface area contributed by atoms with Gasteiger partial charge in [-0.2, -0.15) is 0 Å². The number of carbonyl (C=O) groups is 2. The van der Waals surface area contributed by atoms with E-state index in [-0.39, 0.29) is 16.1 Å². The number of amides is 2. The summed E-state index contributed by atoms with van der Waals surface area (Å²) in [5, 5.41) is 16.3. The first-order chi connectivity index (χ1) is 8.02. The number of imide groups is 1. The molecule has 0 N–H and O–H groups in total. The summed E-state index contributed by atoms with van der Waals surface area (Å²) in [4.78, 5) is 23.8. The van der Waals surface area contributed by atoms with Crippen LogP contribution in [-0.2, 0) is 0 Å². The van der Waals surface area contributed by atoms with E-state index in [1.807, 2.05) is 0 Å². The summed E-state index contributed by atoms with van der Waals surface area (Å²) >= 11 is 0. The average molecular weight is 234 g/mol. The summed E-state index contributed by atoms with van der Waals surface area (Å²) in [5.74, 6) is -1.18. The Balaban J connectivity index is 2.40. The third-order valence-electron chi connectivity index (χ3n) is 2.28. The number of hydrogen-bond donors (Lipinski definition) is 0. The highest BCUT2D eigenvalue weighted by Crippen LogP contribution is 2.22. The third kappa shape index (κ3) is 1.71. The summed E-state index contributed by atoms with van der Waals surface area (Å²) in [6.45, 7) is 0. The van der Waals surface area contributed by atoms with Crippen LogP contribution in [-0.4, -0.2) is 40.9 Å². The van der Waals surface area contributed by atoms with Crippen molar-refractivity contribution in [3.05, 3.63) is 40.6 Å². The highest BCUT2D eigenvalue weighted by Gasteiger charge is 2.43. The molecular formula is C10H10N4O3. The molecule has 0 aliphatic carbocycles. The molecule has 1 aromatic rings. The minimum Gasteiger partial charge on any atom is -0.673 e. The van der Waals surface area contributed by atoms with Crippen LogP contribution < -0.4 is 0 Å². The van der Waals surface area contributed by atoms with Crippen LogP contribution in [0.4, 0.5) is 0 Å². The van der Waals surface area contributed by atoms with E-state index in [0.717, 1.165) is 5.01 Å². The van der Waals surface area contributed by atoms with Gasteiger partial charge in [-0.25, -0.2) is 14.6 Å². The van der Waals surface area contributed by atoms with E-state index in [1.54, 1.807) is 12.1 Å². The molecule has 0 spiro atoms. The lowest BCUT2D eigenvalue weighted by molar-refractivity contribution is -0.688.